The van der Waals surface area contributed by atoms with Crippen LogP contribution in [0.2, 0.25) is 0 Å². The van der Waals surface area contributed by atoms with Gasteiger partial charge in [-0.3, -0.25) is 14.7 Å². The van der Waals surface area contributed by atoms with Gasteiger partial charge in [-0.2, -0.15) is 0 Å². The summed E-state index contributed by atoms with van der Waals surface area (Å²) in [5.41, 5.74) is 1.94. The third-order valence-electron chi connectivity index (χ3n) is 3.48. The molecule has 0 aliphatic carbocycles. The van der Waals surface area contributed by atoms with Crippen molar-refractivity contribution in [1.29, 1.82) is 0 Å². The van der Waals surface area contributed by atoms with Crippen LogP contribution >= 0.6 is 15.9 Å². The van der Waals surface area contributed by atoms with E-state index < -0.39 is 5.69 Å². The zero-order chi connectivity index (χ0) is 14.1. The first-order valence-electron chi connectivity index (χ1n) is 6.43. The molecule has 0 bridgehead atoms. The van der Waals surface area contributed by atoms with E-state index >= 15 is 0 Å². The normalized spacial score (nSPS) is 15.1. The maximum absolute atomic E-state index is 11.8. The average molecular weight is 336 g/mol. The highest BCUT2D eigenvalue weighted by Gasteiger charge is 2.20. The van der Waals surface area contributed by atoms with Crippen molar-refractivity contribution in [2.45, 2.75) is 19.5 Å². The van der Waals surface area contributed by atoms with E-state index in [0.717, 1.165) is 23.3 Å². The second-order valence-electron chi connectivity index (χ2n) is 4.96. The Kier molecular flexibility index (Phi) is 3.58. The van der Waals surface area contributed by atoms with E-state index in [9.17, 15) is 9.59 Å². The van der Waals surface area contributed by atoms with Crippen LogP contribution in [0, 0.1) is 0 Å². The van der Waals surface area contributed by atoms with Crippen LogP contribution in [-0.4, -0.2) is 21.4 Å². The Morgan fingerprint density at radius 1 is 1.25 bits per heavy atom. The van der Waals surface area contributed by atoms with Crippen LogP contribution in [0.5, 0.6) is 0 Å². The fraction of sp³-hybridized carbons (Fsp3) is 0.286. The van der Waals surface area contributed by atoms with Gasteiger partial charge in [0, 0.05) is 36.2 Å². The standard InChI is InChI=1S/C14H14BrN3O2/c15-10-3-1-2-9(6-10)7-18-5-4-12-11(8-18)13(19)17-14(20)16-12/h1-3,6H,4-5,7-8H2,(H2,16,17,19,20). The van der Waals surface area contributed by atoms with E-state index in [0.29, 0.717) is 18.5 Å². The van der Waals surface area contributed by atoms with Crippen LogP contribution in [0.1, 0.15) is 16.8 Å². The molecular weight excluding hydrogens is 322 g/mol. The third-order valence-corrected chi connectivity index (χ3v) is 3.98. The Labute approximate surface area is 123 Å². The van der Waals surface area contributed by atoms with Gasteiger partial charge in [-0.25, -0.2) is 4.79 Å². The second-order valence-corrected chi connectivity index (χ2v) is 5.87. The number of nitrogens with one attached hydrogen (secondary N) is 2. The summed E-state index contributed by atoms with van der Waals surface area (Å²) < 4.78 is 1.05. The summed E-state index contributed by atoms with van der Waals surface area (Å²) in [6, 6.07) is 8.13. The predicted molar refractivity (Wildman–Crippen MR) is 79.6 cm³/mol. The summed E-state index contributed by atoms with van der Waals surface area (Å²) in [6.45, 7) is 2.18. The minimum Gasteiger partial charge on any atom is -0.311 e. The Morgan fingerprint density at radius 2 is 2.10 bits per heavy atom. The van der Waals surface area contributed by atoms with E-state index in [1.54, 1.807) is 0 Å². The Hall–Kier alpha value is -1.66. The molecule has 0 atom stereocenters. The molecule has 1 aromatic carbocycles. The highest BCUT2D eigenvalue weighted by molar-refractivity contribution is 9.10. The number of hydrogen-bond acceptors (Lipinski definition) is 3. The molecule has 2 heterocycles. The summed E-state index contributed by atoms with van der Waals surface area (Å²) in [7, 11) is 0. The third kappa shape index (κ3) is 2.76. The zero-order valence-corrected chi connectivity index (χ0v) is 12.4. The van der Waals surface area contributed by atoms with Crippen molar-refractivity contribution in [2.75, 3.05) is 6.54 Å². The molecule has 1 aromatic heterocycles. The van der Waals surface area contributed by atoms with Crippen molar-refractivity contribution in [1.82, 2.24) is 14.9 Å². The van der Waals surface area contributed by atoms with Gasteiger partial charge in [-0.1, -0.05) is 28.1 Å². The molecule has 104 valence electrons. The van der Waals surface area contributed by atoms with Crippen molar-refractivity contribution in [3.8, 4) is 0 Å². The van der Waals surface area contributed by atoms with E-state index in [4.69, 9.17) is 0 Å². The summed E-state index contributed by atoms with van der Waals surface area (Å²) in [4.78, 5) is 30.3. The van der Waals surface area contributed by atoms with Crippen molar-refractivity contribution < 1.29 is 0 Å². The average Bonchev–Trinajstić information content (AvgIpc) is 2.39. The molecule has 0 amide bonds. The first-order chi connectivity index (χ1) is 9.61. The molecule has 0 saturated heterocycles. The smallest absolute Gasteiger partial charge is 0.311 e. The van der Waals surface area contributed by atoms with E-state index in [1.807, 2.05) is 12.1 Å². The van der Waals surface area contributed by atoms with Crippen LogP contribution in [0.4, 0.5) is 0 Å². The van der Waals surface area contributed by atoms with Crippen molar-refractivity contribution in [3.05, 3.63) is 66.4 Å². The van der Waals surface area contributed by atoms with Gasteiger partial charge in [0.05, 0.1) is 5.56 Å². The van der Waals surface area contributed by atoms with Crippen LogP contribution in [-0.2, 0) is 19.5 Å². The largest absolute Gasteiger partial charge is 0.325 e. The van der Waals surface area contributed by atoms with Crippen LogP contribution in [0.15, 0.2) is 38.3 Å². The number of aromatic nitrogens is 2. The van der Waals surface area contributed by atoms with Gasteiger partial charge in [0.25, 0.3) is 5.56 Å². The molecular formula is C14H14BrN3O2. The van der Waals surface area contributed by atoms with Gasteiger partial charge in [0.2, 0.25) is 0 Å². The highest BCUT2D eigenvalue weighted by atomic mass is 79.9. The predicted octanol–water partition coefficient (Wildman–Crippen LogP) is 1.38. The Morgan fingerprint density at radius 3 is 2.90 bits per heavy atom. The second kappa shape index (κ2) is 5.38. The molecule has 6 heteroatoms. The topological polar surface area (TPSA) is 69.0 Å². The number of hydrogen-bond donors (Lipinski definition) is 2. The van der Waals surface area contributed by atoms with Gasteiger partial charge < -0.3 is 4.98 Å². The summed E-state index contributed by atoms with van der Waals surface area (Å²) in [6.07, 6.45) is 0.697. The van der Waals surface area contributed by atoms with Gasteiger partial charge in [-0.15, -0.1) is 0 Å². The first-order valence-corrected chi connectivity index (χ1v) is 7.22. The van der Waals surface area contributed by atoms with Crippen molar-refractivity contribution >= 4 is 15.9 Å². The number of halogens is 1. The maximum Gasteiger partial charge on any atom is 0.325 e. The van der Waals surface area contributed by atoms with Gasteiger partial charge in [-0.05, 0) is 17.7 Å². The van der Waals surface area contributed by atoms with Crippen LogP contribution in [0.25, 0.3) is 0 Å². The molecule has 1 aliphatic rings. The number of rotatable bonds is 2. The monoisotopic (exact) mass is 335 g/mol. The number of benzene rings is 1. The molecule has 20 heavy (non-hydrogen) atoms. The van der Waals surface area contributed by atoms with E-state index in [1.165, 1.54) is 5.56 Å². The van der Waals surface area contributed by atoms with Crippen LogP contribution in [0.3, 0.4) is 0 Å². The fourth-order valence-electron chi connectivity index (χ4n) is 2.54. The summed E-state index contributed by atoms with van der Waals surface area (Å²) in [5, 5.41) is 0. The van der Waals surface area contributed by atoms with E-state index in [-0.39, 0.29) is 5.56 Å². The molecule has 0 spiro atoms. The number of nitrogens with zero attached hydrogens (tertiary/aromatic N) is 1. The lowest BCUT2D eigenvalue weighted by Gasteiger charge is -2.27. The van der Waals surface area contributed by atoms with Crippen molar-refractivity contribution in [2.24, 2.45) is 0 Å². The lowest BCUT2D eigenvalue weighted by atomic mass is 10.1. The van der Waals surface area contributed by atoms with Crippen LogP contribution < -0.4 is 11.2 Å². The number of H-pyrrole nitrogens is 2. The minimum absolute atomic E-state index is 0.275. The Balaban J connectivity index is 1.82. The van der Waals surface area contributed by atoms with Gasteiger partial charge in [0.1, 0.15) is 0 Å². The lowest BCUT2D eigenvalue weighted by molar-refractivity contribution is 0.241. The molecule has 0 saturated carbocycles. The highest BCUT2D eigenvalue weighted by Crippen LogP contribution is 2.17. The fourth-order valence-corrected chi connectivity index (χ4v) is 2.99. The van der Waals surface area contributed by atoms with Crippen molar-refractivity contribution in [3.63, 3.8) is 0 Å². The molecule has 0 radical (unpaired) electrons. The number of fused-ring (bicyclic) bond motifs is 1. The molecule has 2 aromatic rings. The lowest BCUT2D eigenvalue weighted by Crippen LogP contribution is -2.38. The first kappa shape index (κ1) is 13.3. The molecule has 0 unspecified atom stereocenters. The Bertz CT molecular complexity index is 751. The molecule has 0 fully saturated rings. The summed E-state index contributed by atoms with van der Waals surface area (Å²) in [5.74, 6) is 0. The number of aromatic amines is 2. The quantitative estimate of drug-likeness (QED) is 0.871. The minimum atomic E-state index is -0.422. The van der Waals surface area contributed by atoms with E-state index in [2.05, 4.69) is 42.9 Å². The van der Waals surface area contributed by atoms with Gasteiger partial charge >= 0.3 is 5.69 Å². The maximum atomic E-state index is 11.8. The SMILES string of the molecule is O=c1[nH]c2c(c(=O)[nH]1)CN(Cc1cccc(Br)c1)CC2. The zero-order valence-electron chi connectivity index (χ0n) is 10.8. The molecule has 2 N–H and O–H groups in total. The van der Waals surface area contributed by atoms with Gasteiger partial charge in [0.15, 0.2) is 0 Å². The molecule has 1 aliphatic heterocycles. The summed E-state index contributed by atoms with van der Waals surface area (Å²) >= 11 is 3.46. The molecule has 5 nitrogen and oxygen atoms in total. The molecule has 3 rings (SSSR count).